The number of hydrogen-bond acceptors (Lipinski definition) is 6. The van der Waals surface area contributed by atoms with Gasteiger partial charge in [-0.25, -0.2) is 0 Å². The van der Waals surface area contributed by atoms with Crippen LogP contribution in [0.1, 0.15) is 5.56 Å². The molecule has 0 aliphatic carbocycles. The van der Waals surface area contributed by atoms with Crippen molar-refractivity contribution in [2.75, 3.05) is 11.5 Å². The second kappa shape index (κ2) is 8.73. The Morgan fingerprint density at radius 3 is 2.69 bits per heavy atom. The van der Waals surface area contributed by atoms with Crippen molar-refractivity contribution in [2.45, 2.75) is 0 Å². The number of carbonyl (C=O) groups excluding carboxylic acids is 3. The number of benzene rings is 2. The quantitative estimate of drug-likeness (QED) is 0.388. The predicted molar refractivity (Wildman–Crippen MR) is 112 cm³/mol. The second-order valence-corrected chi connectivity index (χ2v) is 7.50. The Morgan fingerprint density at radius 2 is 2.03 bits per heavy atom. The molecule has 2 aromatic carbocycles. The summed E-state index contributed by atoms with van der Waals surface area (Å²) in [4.78, 5) is 37.0. The number of rotatable bonds is 5. The van der Waals surface area contributed by atoms with Gasteiger partial charge in [-0.05, 0) is 54.2 Å². The van der Waals surface area contributed by atoms with Crippen LogP contribution in [0.4, 0.5) is 5.69 Å². The van der Waals surface area contributed by atoms with E-state index in [1.807, 2.05) is 0 Å². The molecule has 1 fully saturated rings. The van der Waals surface area contributed by atoms with E-state index in [1.165, 1.54) is 29.2 Å². The predicted octanol–water partition coefficient (Wildman–Crippen LogP) is 2.06. The number of nitrogens with zero attached hydrogens (tertiary/aromatic N) is 1. The normalized spacial score (nSPS) is 15.4. The molecule has 0 spiro atoms. The van der Waals surface area contributed by atoms with Crippen LogP contribution in [-0.4, -0.2) is 29.5 Å². The van der Waals surface area contributed by atoms with Gasteiger partial charge in [0.05, 0.1) is 16.7 Å². The zero-order chi connectivity index (χ0) is 21.1. The lowest BCUT2D eigenvalue weighted by molar-refractivity contribution is -0.307. The Hall–Kier alpha value is -2.75. The van der Waals surface area contributed by atoms with E-state index in [0.717, 1.165) is 4.47 Å². The maximum atomic E-state index is 13.0. The fraction of sp³-hybridized carbons (Fsp3) is 0.0526. The van der Waals surface area contributed by atoms with Gasteiger partial charge in [-0.3, -0.25) is 19.8 Å². The molecule has 0 bridgehead atoms. The molecule has 0 saturated carbocycles. The van der Waals surface area contributed by atoms with Crippen molar-refractivity contribution < 1.29 is 24.2 Å². The zero-order valence-electron chi connectivity index (χ0n) is 14.5. The summed E-state index contributed by atoms with van der Waals surface area (Å²) in [6.07, 6.45) is 1.36. The summed E-state index contributed by atoms with van der Waals surface area (Å²) >= 11 is 14.6. The summed E-state index contributed by atoms with van der Waals surface area (Å²) in [6, 6.07) is 11.3. The Labute approximate surface area is 184 Å². The summed E-state index contributed by atoms with van der Waals surface area (Å²) in [5, 5.41) is 13.1. The lowest BCUT2D eigenvalue weighted by atomic mass is 10.1. The summed E-state index contributed by atoms with van der Waals surface area (Å²) in [5.41, 5.74) is 0.790. The van der Waals surface area contributed by atoms with Crippen LogP contribution in [0.15, 0.2) is 52.5 Å². The third kappa shape index (κ3) is 4.81. The van der Waals surface area contributed by atoms with Crippen molar-refractivity contribution in [1.29, 1.82) is 0 Å². The molecule has 10 heteroatoms. The first-order chi connectivity index (χ1) is 13.8. The second-order valence-electron chi connectivity index (χ2n) is 5.79. The molecule has 0 atom stereocenters. The van der Waals surface area contributed by atoms with Crippen LogP contribution in [0, 0.1) is 0 Å². The molecule has 2 amide bonds. The SMILES string of the molecule is O=C([O-])COc1ccc(/C=C2/C(=O)NC(=S)N(c3cccc(Br)c3)C2=O)cc1Cl. The van der Waals surface area contributed by atoms with E-state index in [4.69, 9.17) is 28.6 Å². The van der Waals surface area contributed by atoms with E-state index < -0.39 is 24.4 Å². The highest BCUT2D eigenvalue weighted by atomic mass is 79.9. The minimum Gasteiger partial charge on any atom is -0.546 e. The molecule has 7 nitrogen and oxygen atoms in total. The van der Waals surface area contributed by atoms with Crippen molar-refractivity contribution in [2.24, 2.45) is 0 Å². The first-order valence-electron chi connectivity index (χ1n) is 8.05. The van der Waals surface area contributed by atoms with Gasteiger partial charge < -0.3 is 14.6 Å². The first-order valence-corrected chi connectivity index (χ1v) is 9.63. The number of aliphatic carboxylic acids is 1. The van der Waals surface area contributed by atoms with Crippen LogP contribution in [0.2, 0.25) is 5.02 Å². The third-order valence-corrected chi connectivity index (χ3v) is 4.85. The van der Waals surface area contributed by atoms with Gasteiger partial charge in [0.2, 0.25) is 0 Å². The fourth-order valence-corrected chi connectivity index (χ4v) is 3.45. The molecule has 2 aromatic rings. The molecule has 3 rings (SSSR count). The molecular weight excluding hydrogens is 484 g/mol. The van der Waals surface area contributed by atoms with E-state index in [2.05, 4.69) is 21.2 Å². The van der Waals surface area contributed by atoms with Crippen molar-refractivity contribution in [1.82, 2.24) is 5.32 Å². The molecule has 148 valence electrons. The number of carboxylic acids is 1. The lowest BCUT2D eigenvalue weighted by Gasteiger charge is -2.29. The number of ether oxygens (including phenoxy) is 1. The fourth-order valence-electron chi connectivity index (χ4n) is 2.53. The van der Waals surface area contributed by atoms with Gasteiger partial charge in [0.25, 0.3) is 11.8 Å². The van der Waals surface area contributed by atoms with Gasteiger partial charge in [-0.1, -0.05) is 39.7 Å². The minimum atomic E-state index is -1.39. The van der Waals surface area contributed by atoms with Crippen molar-refractivity contribution >= 4 is 74.4 Å². The van der Waals surface area contributed by atoms with Gasteiger partial charge in [0.15, 0.2) is 5.11 Å². The number of halogens is 2. The molecular formula is C19H11BrClN2O5S-. The van der Waals surface area contributed by atoms with Crippen LogP contribution < -0.4 is 20.1 Å². The molecule has 1 N–H and O–H groups in total. The van der Waals surface area contributed by atoms with Gasteiger partial charge in [0, 0.05) is 4.47 Å². The smallest absolute Gasteiger partial charge is 0.270 e. The monoisotopic (exact) mass is 493 g/mol. The average Bonchev–Trinajstić information content (AvgIpc) is 2.64. The number of carboxylic acid groups (broad SMARTS) is 1. The number of nitrogens with one attached hydrogen (secondary N) is 1. The van der Waals surface area contributed by atoms with E-state index in [9.17, 15) is 19.5 Å². The standard InChI is InChI=1S/C19H12BrClN2O5S/c20-11-2-1-3-12(8-11)23-18(27)13(17(26)22-19(23)29)6-10-4-5-15(14(21)7-10)28-9-16(24)25/h1-8H,9H2,(H,24,25)(H,22,26,29)/p-1/b13-6-. The molecule has 0 unspecified atom stereocenters. The Balaban J connectivity index is 1.92. The number of anilines is 1. The minimum absolute atomic E-state index is 0.0284. The number of thiocarbonyl (C=S) groups is 1. The van der Waals surface area contributed by atoms with Crippen LogP contribution in [-0.2, 0) is 14.4 Å². The molecule has 1 heterocycles. The van der Waals surface area contributed by atoms with Crippen LogP contribution in [0.5, 0.6) is 5.75 Å². The number of hydrogen-bond donors (Lipinski definition) is 1. The highest BCUT2D eigenvalue weighted by Gasteiger charge is 2.34. The zero-order valence-corrected chi connectivity index (χ0v) is 17.6. The Morgan fingerprint density at radius 1 is 1.28 bits per heavy atom. The summed E-state index contributed by atoms with van der Waals surface area (Å²) in [5.74, 6) is -2.49. The summed E-state index contributed by atoms with van der Waals surface area (Å²) in [7, 11) is 0. The van der Waals surface area contributed by atoms with E-state index in [1.54, 1.807) is 24.3 Å². The lowest BCUT2D eigenvalue weighted by Crippen LogP contribution is -2.54. The average molecular weight is 495 g/mol. The van der Waals surface area contributed by atoms with E-state index in [0.29, 0.717) is 11.3 Å². The maximum Gasteiger partial charge on any atom is 0.270 e. The largest absolute Gasteiger partial charge is 0.546 e. The Kier molecular flexibility index (Phi) is 6.31. The number of amides is 2. The molecule has 1 aliphatic heterocycles. The third-order valence-electron chi connectivity index (χ3n) is 3.78. The van der Waals surface area contributed by atoms with Gasteiger partial charge in [-0.15, -0.1) is 0 Å². The van der Waals surface area contributed by atoms with Gasteiger partial charge in [0.1, 0.15) is 17.9 Å². The maximum absolute atomic E-state index is 13.0. The number of carbonyl (C=O) groups is 3. The molecule has 1 saturated heterocycles. The highest BCUT2D eigenvalue weighted by Crippen LogP contribution is 2.28. The van der Waals surface area contributed by atoms with Crippen molar-refractivity contribution in [3.63, 3.8) is 0 Å². The summed E-state index contributed by atoms with van der Waals surface area (Å²) in [6.45, 7) is -0.653. The molecule has 1 aliphatic rings. The first kappa shape index (κ1) is 21.0. The van der Waals surface area contributed by atoms with Crippen LogP contribution >= 0.6 is 39.7 Å². The van der Waals surface area contributed by atoms with E-state index in [-0.39, 0.29) is 21.5 Å². The summed E-state index contributed by atoms with van der Waals surface area (Å²) < 4.78 is 5.74. The van der Waals surface area contributed by atoms with Gasteiger partial charge >= 0.3 is 0 Å². The molecule has 0 radical (unpaired) electrons. The van der Waals surface area contributed by atoms with Crippen LogP contribution in [0.25, 0.3) is 6.08 Å². The van der Waals surface area contributed by atoms with Crippen molar-refractivity contribution in [3.8, 4) is 5.75 Å². The van der Waals surface area contributed by atoms with E-state index >= 15 is 0 Å². The molecule has 0 aromatic heterocycles. The van der Waals surface area contributed by atoms with Crippen molar-refractivity contribution in [3.05, 3.63) is 63.1 Å². The Bertz CT molecular complexity index is 1070. The highest BCUT2D eigenvalue weighted by molar-refractivity contribution is 9.10. The molecule has 29 heavy (non-hydrogen) atoms. The van der Waals surface area contributed by atoms with Crippen LogP contribution in [0.3, 0.4) is 0 Å². The van der Waals surface area contributed by atoms with Gasteiger partial charge in [-0.2, -0.15) is 0 Å². The topological polar surface area (TPSA) is 98.8 Å².